The molecule has 0 radical (unpaired) electrons. The molecule has 1 heterocycles. The Morgan fingerprint density at radius 2 is 1.94 bits per heavy atom. The summed E-state index contributed by atoms with van der Waals surface area (Å²) in [6.07, 6.45) is 3.85. The zero-order valence-corrected chi connectivity index (χ0v) is 11.8. The minimum atomic E-state index is 0.137. The Morgan fingerprint density at radius 1 is 1.28 bits per heavy atom. The number of hydrogen-bond donors (Lipinski definition) is 1. The Hall–Kier alpha value is -1.36. The Morgan fingerprint density at radius 3 is 2.44 bits per heavy atom. The van der Waals surface area contributed by atoms with Gasteiger partial charge < -0.3 is 14.9 Å². The lowest BCUT2D eigenvalue weighted by atomic mass is 10.1. The number of anilines is 2. The van der Waals surface area contributed by atoms with Crippen LogP contribution in [0, 0.1) is 0 Å². The minimum absolute atomic E-state index is 0.137. The van der Waals surface area contributed by atoms with Crippen LogP contribution in [-0.2, 0) is 0 Å². The molecule has 1 rings (SSSR count). The molecule has 0 unspecified atom stereocenters. The molecule has 1 aromatic heterocycles. The predicted molar refractivity (Wildman–Crippen MR) is 75.2 cm³/mol. The molecule has 1 aromatic rings. The van der Waals surface area contributed by atoms with Crippen LogP contribution >= 0.6 is 0 Å². The lowest BCUT2D eigenvalue weighted by molar-refractivity contribution is 0.295. The molecule has 5 heteroatoms. The average Bonchev–Trinajstić information content (AvgIpc) is 2.39. The molecule has 0 spiro atoms. The summed E-state index contributed by atoms with van der Waals surface area (Å²) < 4.78 is 0. The number of aliphatic hydroxyl groups excluding tert-OH is 1. The van der Waals surface area contributed by atoms with Crippen molar-refractivity contribution in [1.82, 2.24) is 9.97 Å². The second-order valence-electron chi connectivity index (χ2n) is 4.50. The molecule has 5 nitrogen and oxygen atoms in total. The van der Waals surface area contributed by atoms with E-state index in [9.17, 15) is 5.11 Å². The van der Waals surface area contributed by atoms with Crippen molar-refractivity contribution < 1.29 is 5.11 Å². The van der Waals surface area contributed by atoms with Gasteiger partial charge in [0, 0.05) is 32.9 Å². The fourth-order valence-corrected chi connectivity index (χ4v) is 2.04. The second-order valence-corrected chi connectivity index (χ2v) is 4.50. The molecule has 0 aliphatic heterocycles. The highest BCUT2D eigenvalue weighted by molar-refractivity contribution is 5.44. The predicted octanol–water partition coefficient (Wildman–Crippen LogP) is 1.53. The SMILES string of the molecule is CCC(CC)N(CCO)c1ccnc(N(C)C)n1. The van der Waals surface area contributed by atoms with Crippen molar-refractivity contribution in [3.8, 4) is 0 Å². The van der Waals surface area contributed by atoms with E-state index >= 15 is 0 Å². The average molecular weight is 252 g/mol. The van der Waals surface area contributed by atoms with Crippen LogP contribution in [-0.4, -0.2) is 48.4 Å². The van der Waals surface area contributed by atoms with Crippen LogP contribution in [0.1, 0.15) is 26.7 Å². The van der Waals surface area contributed by atoms with E-state index in [-0.39, 0.29) is 6.61 Å². The molecule has 102 valence electrons. The number of hydrogen-bond acceptors (Lipinski definition) is 5. The van der Waals surface area contributed by atoms with Gasteiger partial charge in [-0.1, -0.05) is 13.8 Å². The molecule has 0 fully saturated rings. The Labute approximate surface area is 109 Å². The Kier molecular flexibility index (Phi) is 5.85. The topological polar surface area (TPSA) is 52.5 Å². The first kappa shape index (κ1) is 14.7. The zero-order valence-electron chi connectivity index (χ0n) is 11.8. The Bertz CT molecular complexity index is 353. The van der Waals surface area contributed by atoms with Gasteiger partial charge in [0.15, 0.2) is 0 Å². The fourth-order valence-electron chi connectivity index (χ4n) is 2.04. The van der Waals surface area contributed by atoms with Crippen LogP contribution in [0.15, 0.2) is 12.3 Å². The lowest BCUT2D eigenvalue weighted by Gasteiger charge is -2.31. The smallest absolute Gasteiger partial charge is 0.226 e. The van der Waals surface area contributed by atoms with Gasteiger partial charge in [-0.05, 0) is 18.9 Å². The van der Waals surface area contributed by atoms with Gasteiger partial charge in [0.1, 0.15) is 5.82 Å². The maximum absolute atomic E-state index is 9.22. The molecule has 0 aliphatic carbocycles. The zero-order chi connectivity index (χ0) is 13.5. The first-order chi connectivity index (χ1) is 8.63. The highest BCUT2D eigenvalue weighted by Crippen LogP contribution is 2.19. The van der Waals surface area contributed by atoms with E-state index < -0.39 is 0 Å². The summed E-state index contributed by atoms with van der Waals surface area (Å²) in [7, 11) is 3.85. The number of aliphatic hydroxyl groups is 1. The van der Waals surface area contributed by atoms with Crippen LogP contribution in [0.2, 0.25) is 0 Å². The van der Waals surface area contributed by atoms with Crippen molar-refractivity contribution in [2.24, 2.45) is 0 Å². The van der Waals surface area contributed by atoms with Gasteiger partial charge in [0.05, 0.1) is 6.61 Å². The standard InChI is InChI=1S/C13H24N4O/c1-5-11(6-2)17(9-10-18)12-7-8-14-13(15-12)16(3)4/h7-8,11,18H,5-6,9-10H2,1-4H3. The fraction of sp³-hybridized carbons (Fsp3) is 0.692. The van der Waals surface area contributed by atoms with Crippen LogP contribution < -0.4 is 9.80 Å². The summed E-state index contributed by atoms with van der Waals surface area (Å²) in [5.41, 5.74) is 0. The summed E-state index contributed by atoms with van der Waals surface area (Å²) in [6.45, 7) is 5.06. The highest BCUT2D eigenvalue weighted by atomic mass is 16.3. The minimum Gasteiger partial charge on any atom is -0.395 e. The molecule has 0 bridgehead atoms. The summed E-state index contributed by atoms with van der Waals surface area (Å²) in [5.74, 6) is 1.58. The third kappa shape index (κ3) is 3.57. The van der Waals surface area contributed by atoms with Gasteiger partial charge in [0.2, 0.25) is 5.95 Å². The summed E-state index contributed by atoms with van der Waals surface area (Å²) >= 11 is 0. The van der Waals surface area contributed by atoms with Crippen molar-refractivity contribution in [2.75, 3.05) is 37.0 Å². The first-order valence-corrected chi connectivity index (χ1v) is 6.51. The second kappa shape index (κ2) is 7.16. The van der Waals surface area contributed by atoms with Crippen molar-refractivity contribution in [2.45, 2.75) is 32.7 Å². The third-order valence-electron chi connectivity index (χ3n) is 3.05. The van der Waals surface area contributed by atoms with Crippen molar-refractivity contribution in [3.63, 3.8) is 0 Å². The molecular formula is C13H24N4O. The van der Waals surface area contributed by atoms with Gasteiger partial charge >= 0.3 is 0 Å². The van der Waals surface area contributed by atoms with Gasteiger partial charge in [-0.2, -0.15) is 4.98 Å². The largest absolute Gasteiger partial charge is 0.395 e. The summed E-state index contributed by atoms with van der Waals surface area (Å²) in [5, 5.41) is 9.22. The molecule has 0 aliphatic rings. The summed E-state index contributed by atoms with van der Waals surface area (Å²) in [6, 6.07) is 2.31. The molecule has 0 atom stereocenters. The normalized spacial score (nSPS) is 10.8. The van der Waals surface area contributed by atoms with E-state index in [0.29, 0.717) is 18.5 Å². The van der Waals surface area contributed by atoms with Crippen molar-refractivity contribution >= 4 is 11.8 Å². The molecule has 1 N–H and O–H groups in total. The van der Waals surface area contributed by atoms with Gasteiger partial charge in [-0.15, -0.1) is 0 Å². The summed E-state index contributed by atoms with van der Waals surface area (Å²) in [4.78, 5) is 12.8. The maximum atomic E-state index is 9.22. The van der Waals surface area contributed by atoms with E-state index in [1.165, 1.54) is 0 Å². The van der Waals surface area contributed by atoms with Gasteiger partial charge in [0.25, 0.3) is 0 Å². The molecular weight excluding hydrogens is 228 g/mol. The van der Waals surface area contributed by atoms with Gasteiger partial charge in [-0.25, -0.2) is 4.98 Å². The monoisotopic (exact) mass is 252 g/mol. The van der Waals surface area contributed by atoms with Crippen LogP contribution in [0.25, 0.3) is 0 Å². The molecule has 0 saturated heterocycles. The number of rotatable bonds is 7. The third-order valence-corrected chi connectivity index (χ3v) is 3.05. The first-order valence-electron chi connectivity index (χ1n) is 6.51. The maximum Gasteiger partial charge on any atom is 0.226 e. The molecule has 0 aromatic carbocycles. The number of aromatic nitrogens is 2. The quantitative estimate of drug-likeness (QED) is 0.797. The Balaban J connectivity index is 3.00. The molecule has 0 amide bonds. The highest BCUT2D eigenvalue weighted by Gasteiger charge is 2.17. The lowest BCUT2D eigenvalue weighted by Crippen LogP contribution is -2.37. The van der Waals surface area contributed by atoms with E-state index in [4.69, 9.17) is 0 Å². The van der Waals surface area contributed by atoms with E-state index in [1.807, 2.05) is 25.1 Å². The molecule has 18 heavy (non-hydrogen) atoms. The van der Waals surface area contributed by atoms with E-state index in [0.717, 1.165) is 18.7 Å². The van der Waals surface area contributed by atoms with E-state index in [2.05, 4.69) is 28.7 Å². The molecule has 0 saturated carbocycles. The number of nitrogens with zero attached hydrogens (tertiary/aromatic N) is 4. The van der Waals surface area contributed by atoms with Crippen molar-refractivity contribution in [1.29, 1.82) is 0 Å². The van der Waals surface area contributed by atoms with Crippen LogP contribution in [0.4, 0.5) is 11.8 Å². The van der Waals surface area contributed by atoms with Gasteiger partial charge in [-0.3, -0.25) is 0 Å². The van der Waals surface area contributed by atoms with E-state index in [1.54, 1.807) is 6.20 Å². The van der Waals surface area contributed by atoms with Crippen molar-refractivity contribution in [3.05, 3.63) is 12.3 Å². The van der Waals surface area contributed by atoms with Crippen LogP contribution in [0.5, 0.6) is 0 Å². The van der Waals surface area contributed by atoms with Crippen LogP contribution in [0.3, 0.4) is 0 Å².